The first-order chi connectivity index (χ1) is 11.2. The summed E-state index contributed by atoms with van der Waals surface area (Å²) in [6.45, 7) is 11.5. The minimum atomic E-state index is -0.0613. The lowest BCUT2D eigenvalue weighted by molar-refractivity contribution is 0.181. The molecule has 1 aliphatic rings. The summed E-state index contributed by atoms with van der Waals surface area (Å²) in [7, 11) is 0. The van der Waals surface area contributed by atoms with E-state index in [4.69, 9.17) is 5.73 Å². The van der Waals surface area contributed by atoms with Crippen LogP contribution in [0.2, 0.25) is 0 Å². The Morgan fingerprint density at radius 2 is 1.71 bits per heavy atom. The minimum Gasteiger partial charge on any atom is -0.325 e. The molecule has 1 nitrogen and oxygen atoms in total. The molecule has 1 aliphatic carbocycles. The third-order valence-corrected chi connectivity index (χ3v) is 6.26. The van der Waals surface area contributed by atoms with Crippen molar-refractivity contribution in [3.05, 3.63) is 34.9 Å². The maximum Gasteiger partial charge on any atom is 0.0126 e. The molecule has 2 N–H and O–H groups in total. The molecule has 24 heavy (non-hydrogen) atoms. The molecule has 0 radical (unpaired) electrons. The Bertz CT molecular complexity index is 521. The summed E-state index contributed by atoms with van der Waals surface area (Å²) in [5.74, 6) is 0.629. The highest BCUT2D eigenvalue weighted by Gasteiger charge is 2.30. The van der Waals surface area contributed by atoms with Crippen molar-refractivity contribution in [2.45, 2.75) is 97.9 Å². The quantitative estimate of drug-likeness (QED) is 0.518. The fraction of sp³-hybridized carbons (Fsp3) is 0.739. The smallest absolute Gasteiger partial charge is 0.0126 e. The Hall–Kier alpha value is -0.820. The predicted molar refractivity (Wildman–Crippen MR) is 106 cm³/mol. The maximum atomic E-state index is 6.48. The van der Waals surface area contributed by atoms with E-state index in [-0.39, 0.29) is 5.54 Å². The second-order valence-electron chi connectivity index (χ2n) is 9.44. The minimum absolute atomic E-state index is 0.0613. The van der Waals surface area contributed by atoms with Crippen molar-refractivity contribution >= 4 is 0 Å². The van der Waals surface area contributed by atoms with E-state index in [2.05, 4.69) is 52.8 Å². The second-order valence-corrected chi connectivity index (χ2v) is 9.44. The molecular formula is C23H39N. The highest BCUT2D eigenvalue weighted by molar-refractivity contribution is 5.38. The first-order valence-electron chi connectivity index (χ1n) is 10.1. The van der Waals surface area contributed by atoms with Crippen molar-refractivity contribution < 1.29 is 0 Å². The normalized spacial score (nSPS) is 15.8. The zero-order chi connectivity index (χ0) is 17.8. The van der Waals surface area contributed by atoms with Crippen LogP contribution in [0.3, 0.4) is 0 Å². The van der Waals surface area contributed by atoms with Crippen LogP contribution in [0.15, 0.2) is 18.2 Å². The third-order valence-electron chi connectivity index (χ3n) is 6.26. The highest BCUT2D eigenvalue weighted by Crippen LogP contribution is 2.36. The van der Waals surface area contributed by atoms with E-state index >= 15 is 0 Å². The van der Waals surface area contributed by atoms with Gasteiger partial charge in [-0.1, -0.05) is 58.2 Å². The Balaban J connectivity index is 1.72. The largest absolute Gasteiger partial charge is 0.325 e. The molecule has 1 atom stereocenters. The number of hydrogen-bond donors (Lipinski definition) is 1. The molecule has 0 saturated heterocycles. The molecule has 1 heteroatoms. The van der Waals surface area contributed by atoms with Gasteiger partial charge in [-0.25, -0.2) is 0 Å². The molecule has 0 aliphatic heterocycles. The van der Waals surface area contributed by atoms with Gasteiger partial charge >= 0.3 is 0 Å². The molecule has 0 aromatic heterocycles. The molecular weight excluding hydrogens is 290 g/mol. The third kappa shape index (κ3) is 5.62. The van der Waals surface area contributed by atoms with Crippen molar-refractivity contribution in [3.63, 3.8) is 0 Å². The van der Waals surface area contributed by atoms with E-state index in [1.165, 1.54) is 63.4 Å². The monoisotopic (exact) mass is 329 g/mol. The van der Waals surface area contributed by atoms with Crippen LogP contribution < -0.4 is 5.73 Å². The summed E-state index contributed by atoms with van der Waals surface area (Å²) < 4.78 is 0. The van der Waals surface area contributed by atoms with E-state index in [0.29, 0.717) is 11.3 Å². The van der Waals surface area contributed by atoms with Gasteiger partial charge in [0.25, 0.3) is 0 Å². The fourth-order valence-corrected chi connectivity index (χ4v) is 3.85. The first kappa shape index (κ1) is 19.5. The lowest BCUT2D eigenvalue weighted by Crippen LogP contribution is -2.42. The molecule has 1 aromatic carbocycles. The van der Waals surface area contributed by atoms with Gasteiger partial charge in [0.1, 0.15) is 0 Å². The number of rotatable bonds is 10. The summed E-state index contributed by atoms with van der Waals surface area (Å²) in [6, 6.07) is 7.12. The van der Waals surface area contributed by atoms with Gasteiger partial charge < -0.3 is 5.73 Å². The van der Waals surface area contributed by atoms with Crippen LogP contribution in [0.1, 0.15) is 89.8 Å². The van der Waals surface area contributed by atoms with Crippen molar-refractivity contribution in [2.24, 2.45) is 17.1 Å². The van der Waals surface area contributed by atoms with Crippen LogP contribution in [-0.4, -0.2) is 5.54 Å². The van der Waals surface area contributed by atoms with E-state index < -0.39 is 0 Å². The zero-order valence-corrected chi connectivity index (χ0v) is 16.8. The number of aryl methyl sites for hydroxylation is 3. The number of benzene rings is 1. The first-order valence-corrected chi connectivity index (χ1v) is 10.1. The lowest BCUT2D eigenvalue weighted by atomic mass is 9.72. The molecule has 0 spiro atoms. The van der Waals surface area contributed by atoms with E-state index in [9.17, 15) is 0 Å². The summed E-state index contributed by atoms with van der Waals surface area (Å²) in [4.78, 5) is 0. The Kier molecular flexibility index (Phi) is 6.53. The molecule has 0 amide bonds. The van der Waals surface area contributed by atoms with Crippen molar-refractivity contribution in [3.8, 4) is 0 Å². The van der Waals surface area contributed by atoms with Crippen LogP contribution in [-0.2, 0) is 19.3 Å². The number of unbranched alkanes of at least 4 members (excludes halogenated alkanes) is 2. The standard InChI is InChI=1S/C23H39N/c1-6-22(2,3)17-21(23(4,5)24)11-9-7-8-10-18-12-13-19-14-15-20(19)16-18/h12-13,16,21H,6-11,14-15,17,24H2,1-5H3. The summed E-state index contributed by atoms with van der Waals surface area (Å²) >= 11 is 0. The maximum absolute atomic E-state index is 6.48. The number of hydrogen-bond acceptors (Lipinski definition) is 1. The molecule has 0 saturated carbocycles. The van der Waals surface area contributed by atoms with Gasteiger partial charge in [0.2, 0.25) is 0 Å². The summed E-state index contributed by atoms with van der Waals surface area (Å²) in [5, 5.41) is 0. The second kappa shape index (κ2) is 8.04. The Morgan fingerprint density at radius 3 is 2.25 bits per heavy atom. The van der Waals surface area contributed by atoms with Gasteiger partial charge in [-0.2, -0.15) is 0 Å². The topological polar surface area (TPSA) is 26.0 Å². The van der Waals surface area contributed by atoms with E-state index in [1.807, 2.05) is 0 Å². The Morgan fingerprint density at radius 1 is 1.00 bits per heavy atom. The molecule has 136 valence electrons. The lowest BCUT2D eigenvalue weighted by Gasteiger charge is -2.37. The van der Waals surface area contributed by atoms with Gasteiger partial charge in [0.15, 0.2) is 0 Å². The number of nitrogens with two attached hydrogens (primary N) is 1. The average Bonchev–Trinajstić information content (AvgIpc) is 2.47. The van der Waals surface area contributed by atoms with Crippen molar-refractivity contribution in [2.75, 3.05) is 0 Å². The van der Waals surface area contributed by atoms with Gasteiger partial charge in [-0.3, -0.25) is 0 Å². The highest BCUT2D eigenvalue weighted by atomic mass is 14.7. The fourth-order valence-electron chi connectivity index (χ4n) is 3.85. The van der Waals surface area contributed by atoms with Crippen LogP contribution in [0, 0.1) is 11.3 Å². The predicted octanol–water partition coefficient (Wildman–Crippen LogP) is 6.07. The zero-order valence-electron chi connectivity index (χ0n) is 16.8. The molecule has 0 heterocycles. The molecule has 1 unspecified atom stereocenters. The molecule has 1 aromatic rings. The van der Waals surface area contributed by atoms with Crippen molar-refractivity contribution in [1.29, 1.82) is 0 Å². The van der Waals surface area contributed by atoms with Gasteiger partial charge in [-0.05, 0) is 80.4 Å². The van der Waals surface area contributed by atoms with Crippen LogP contribution in [0.25, 0.3) is 0 Å². The molecule has 2 rings (SSSR count). The van der Waals surface area contributed by atoms with Gasteiger partial charge in [0.05, 0.1) is 0 Å². The van der Waals surface area contributed by atoms with E-state index in [1.54, 1.807) is 11.1 Å². The number of fused-ring (bicyclic) bond motifs is 1. The molecule has 0 fully saturated rings. The van der Waals surface area contributed by atoms with Crippen molar-refractivity contribution in [1.82, 2.24) is 0 Å². The summed E-state index contributed by atoms with van der Waals surface area (Å²) in [5.41, 5.74) is 11.5. The average molecular weight is 330 g/mol. The van der Waals surface area contributed by atoms with E-state index in [0.717, 1.165) is 0 Å². The SMILES string of the molecule is CCC(C)(C)CC(CCCCCc1ccc2c(c1)CC2)C(C)(C)N. The van der Waals surface area contributed by atoms with Gasteiger partial charge in [-0.15, -0.1) is 0 Å². The van der Waals surface area contributed by atoms with Gasteiger partial charge in [0, 0.05) is 5.54 Å². The Labute approximate surface area is 150 Å². The van der Waals surface area contributed by atoms with Crippen LogP contribution in [0.4, 0.5) is 0 Å². The van der Waals surface area contributed by atoms with Crippen LogP contribution >= 0.6 is 0 Å². The summed E-state index contributed by atoms with van der Waals surface area (Å²) in [6.07, 6.45) is 11.5. The molecule has 0 bridgehead atoms. The van der Waals surface area contributed by atoms with Crippen LogP contribution in [0.5, 0.6) is 0 Å².